The van der Waals surface area contributed by atoms with Crippen LogP contribution < -0.4 is 10.6 Å². The number of benzene rings is 1. The summed E-state index contributed by atoms with van der Waals surface area (Å²) in [6, 6.07) is 12.5. The van der Waals surface area contributed by atoms with Crippen molar-refractivity contribution in [1.82, 2.24) is 9.97 Å². The lowest BCUT2D eigenvalue weighted by Crippen LogP contribution is -2.36. The van der Waals surface area contributed by atoms with E-state index in [4.69, 9.17) is 0 Å². The molecule has 3 aromatic rings. The lowest BCUT2D eigenvalue weighted by molar-refractivity contribution is -0.148. The number of H-pyrrole nitrogens is 1. The fourth-order valence-corrected chi connectivity index (χ4v) is 3.97. The van der Waals surface area contributed by atoms with E-state index in [1.165, 1.54) is 6.20 Å². The van der Waals surface area contributed by atoms with Gasteiger partial charge in [0.1, 0.15) is 5.82 Å². The number of pyridine rings is 1. The number of rotatable bonds is 6. The Kier molecular flexibility index (Phi) is 5.72. The van der Waals surface area contributed by atoms with Crippen molar-refractivity contribution in [3.8, 4) is 11.3 Å². The van der Waals surface area contributed by atoms with Crippen LogP contribution in [0.5, 0.6) is 0 Å². The number of hydrogen-bond donors (Lipinski definition) is 4. The first kappa shape index (κ1) is 23.2. The van der Waals surface area contributed by atoms with E-state index in [9.17, 15) is 23.9 Å². The SMILES string of the molecule is CC(C)(F)C(=O)Nc1cc(-c2[nH]c3c(c2Nc2ccccc2)C(=O)CC(C)(C(=O)O)C3)ccn1. The molecule has 34 heavy (non-hydrogen) atoms. The van der Waals surface area contributed by atoms with Gasteiger partial charge in [-0.1, -0.05) is 18.2 Å². The Bertz CT molecular complexity index is 1280. The Hall–Kier alpha value is -4.01. The monoisotopic (exact) mass is 464 g/mol. The van der Waals surface area contributed by atoms with Crippen LogP contribution in [0, 0.1) is 5.41 Å². The Balaban J connectivity index is 1.82. The number of Topliss-reactive ketones (excluding diaryl/α,β-unsaturated/α-hetero) is 1. The second-order valence-corrected chi connectivity index (χ2v) is 9.22. The zero-order valence-corrected chi connectivity index (χ0v) is 19.0. The van der Waals surface area contributed by atoms with Crippen LogP contribution >= 0.6 is 0 Å². The lowest BCUT2D eigenvalue weighted by atomic mass is 9.74. The highest BCUT2D eigenvalue weighted by atomic mass is 19.1. The number of carbonyl (C=O) groups is 3. The number of carbonyl (C=O) groups excluding carboxylic acids is 2. The predicted octanol–water partition coefficient (Wildman–Crippen LogP) is 4.73. The molecule has 1 aliphatic carbocycles. The number of carboxylic acid groups (broad SMARTS) is 1. The molecular weight excluding hydrogens is 439 g/mol. The quantitative estimate of drug-likeness (QED) is 0.418. The van der Waals surface area contributed by atoms with Gasteiger partial charge in [0.05, 0.1) is 22.4 Å². The molecule has 1 atom stereocenters. The molecule has 0 bridgehead atoms. The highest BCUT2D eigenvalue weighted by Gasteiger charge is 2.43. The number of para-hydroxylation sites is 1. The van der Waals surface area contributed by atoms with Crippen molar-refractivity contribution in [3.05, 3.63) is 59.9 Å². The first-order valence-corrected chi connectivity index (χ1v) is 10.8. The molecule has 0 aliphatic heterocycles. The first-order valence-electron chi connectivity index (χ1n) is 10.8. The molecule has 9 heteroatoms. The first-order chi connectivity index (χ1) is 16.0. The van der Waals surface area contributed by atoms with Gasteiger partial charge in [-0.15, -0.1) is 0 Å². The third kappa shape index (κ3) is 4.41. The molecular formula is C25H25FN4O4. The van der Waals surface area contributed by atoms with Crippen LogP contribution in [-0.2, 0) is 16.0 Å². The molecule has 2 heterocycles. The second-order valence-electron chi connectivity index (χ2n) is 9.22. The summed E-state index contributed by atoms with van der Waals surface area (Å²) in [5.74, 6) is -2.01. The highest BCUT2D eigenvalue weighted by Crippen LogP contribution is 2.43. The summed E-state index contributed by atoms with van der Waals surface area (Å²) in [4.78, 5) is 44.4. The normalized spacial score (nSPS) is 17.7. The molecule has 8 nitrogen and oxygen atoms in total. The van der Waals surface area contributed by atoms with E-state index in [2.05, 4.69) is 20.6 Å². The average Bonchev–Trinajstić information content (AvgIpc) is 3.12. The van der Waals surface area contributed by atoms with Crippen LogP contribution in [0.1, 0.15) is 43.2 Å². The third-order valence-corrected chi connectivity index (χ3v) is 5.86. The highest BCUT2D eigenvalue weighted by molar-refractivity contribution is 6.09. The summed E-state index contributed by atoms with van der Waals surface area (Å²) in [7, 11) is 0. The maximum atomic E-state index is 14.0. The Labute approximate surface area is 195 Å². The van der Waals surface area contributed by atoms with Crippen LogP contribution in [0.3, 0.4) is 0 Å². The van der Waals surface area contributed by atoms with E-state index in [1.54, 1.807) is 19.1 Å². The Morgan fingerprint density at radius 3 is 2.53 bits per heavy atom. The van der Waals surface area contributed by atoms with Crippen LogP contribution in [-0.4, -0.2) is 38.4 Å². The minimum absolute atomic E-state index is 0.126. The summed E-state index contributed by atoms with van der Waals surface area (Å²) >= 11 is 0. The average molecular weight is 464 g/mol. The maximum absolute atomic E-state index is 14.0. The zero-order chi connectivity index (χ0) is 24.7. The fraction of sp³-hybridized carbons (Fsp3) is 0.280. The van der Waals surface area contributed by atoms with Crippen molar-refractivity contribution in [2.24, 2.45) is 5.41 Å². The van der Waals surface area contributed by atoms with E-state index in [0.29, 0.717) is 28.2 Å². The number of alkyl halides is 1. The number of halogens is 1. The Morgan fingerprint density at radius 1 is 1.18 bits per heavy atom. The zero-order valence-electron chi connectivity index (χ0n) is 19.0. The van der Waals surface area contributed by atoms with Gasteiger partial charge in [-0.2, -0.15) is 0 Å². The summed E-state index contributed by atoms with van der Waals surface area (Å²) in [5.41, 5.74) is -0.0164. The third-order valence-electron chi connectivity index (χ3n) is 5.86. The molecule has 1 amide bonds. The van der Waals surface area contributed by atoms with E-state index in [1.807, 2.05) is 30.3 Å². The molecule has 1 unspecified atom stereocenters. The number of nitrogens with zero attached hydrogens (tertiary/aromatic N) is 1. The number of carboxylic acids is 1. The van der Waals surface area contributed by atoms with Crippen molar-refractivity contribution in [2.75, 3.05) is 10.6 Å². The summed E-state index contributed by atoms with van der Waals surface area (Å²) in [5, 5.41) is 15.4. The van der Waals surface area contributed by atoms with E-state index in [0.717, 1.165) is 19.5 Å². The van der Waals surface area contributed by atoms with Crippen molar-refractivity contribution in [3.63, 3.8) is 0 Å². The minimum atomic E-state index is -2.09. The van der Waals surface area contributed by atoms with Crippen LogP contribution in [0.25, 0.3) is 11.3 Å². The molecule has 1 aromatic carbocycles. The number of nitrogens with one attached hydrogen (secondary N) is 3. The number of aromatic nitrogens is 2. The predicted molar refractivity (Wildman–Crippen MR) is 126 cm³/mol. The van der Waals surface area contributed by atoms with Gasteiger partial charge in [-0.05, 0) is 45.0 Å². The van der Waals surface area contributed by atoms with Gasteiger partial charge in [-0.3, -0.25) is 14.4 Å². The molecule has 0 radical (unpaired) electrons. The van der Waals surface area contributed by atoms with E-state index >= 15 is 0 Å². The number of hydrogen-bond acceptors (Lipinski definition) is 5. The Morgan fingerprint density at radius 2 is 1.88 bits per heavy atom. The smallest absolute Gasteiger partial charge is 0.310 e. The van der Waals surface area contributed by atoms with Crippen LogP contribution in [0.15, 0.2) is 48.7 Å². The van der Waals surface area contributed by atoms with Gasteiger partial charge in [0.15, 0.2) is 11.5 Å². The molecule has 4 N–H and O–H groups in total. The van der Waals surface area contributed by atoms with Crippen molar-refractivity contribution in [2.45, 2.75) is 39.3 Å². The second kappa shape index (κ2) is 8.40. The molecule has 1 aliphatic rings. The van der Waals surface area contributed by atoms with Crippen LogP contribution in [0.4, 0.5) is 21.6 Å². The van der Waals surface area contributed by atoms with Crippen molar-refractivity contribution in [1.29, 1.82) is 0 Å². The number of amides is 1. The molecule has 0 saturated carbocycles. The molecule has 2 aromatic heterocycles. The number of fused-ring (bicyclic) bond motifs is 1. The largest absolute Gasteiger partial charge is 0.481 e. The topological polar surface area (TPSA) is 124 Å². The van der Waals surface area contributed by atoms with Gasteiger partial charge in [0, 0.05) is 36.0 Å². The summed E-state index contributed by atoms with van der Waals surface area (Å²) < 4.78 is 14.0. The molecule has 0 saturated heterocycles. The summed E-state index contributed by atoms with van der Waals surface area (Å²) in [6.07, 6.45) is 1.49. The van der Waals surface area contributed by atoms with Crippen LogP contribution in [0.2, 0.25) is 0 Å². The number of aliphatic carboxylic acids is 1. The number of ketones is 1. The fourth-order valence-electron chi connectivity index (χ4n) is 3.97. The van der Waals surface area contributed by atoms with Crippen molar-refractivity contribution < 1.29 is 23.9 Å². The standard InChI is InChI=1S/C25H25FN4O4/c1-24(2,26)22(32)30-18-11-14(9-10-27-18)20-21(28-15-7-5-4-6-8-15)19-16(29-20)12-25(3,23(33)34)13-17(19)31/h4-11,28-29H,12-13H2,1-3H3,(H,33,34)(H,27,30,32). The lowest BCUT2D eigenvalue weighted by Gasteiger charge is -2.28. The summed E-state index contributed by atoms with van der Waals surface area (Å²) in [6.45, 7) is 3.86. The molecule has 0 fully saturated rings. The van der Waals surface area contributed by atoms with Gasteiger partial charge >= 0.3 is 5.97 Å². The number of anilines is 3. The molecule has 176 valence electrons. The number of aromatic amines is 1. The minimum Gasteiger partial charge on any atom is -0.481 e. The molecule has 0 spiro atoms. The van der Waals surface area contributed by atoms with Gasteiger partial charge in [-0.25, -0.2) is 9.37 Å². The van der Waals surface area contributed by atoms with E-state index < -0.39 is 23.0 Å². The van der Waals surface area contributed by atoms with E-state index in [-0.39, 0.29) is 24.4 Å². The van der Waals surface area contributed by atoms with Gasteiger partial charge in [0.2, 0.25) is 0 Å². The van der Waals surface area contributed by atoms with Gasteiger partial charge < -0.3 is 20.7 Å². The molecule has 4 rings (SSSR count). The van der Waals surface area contributed by atoms with Gasteiger partial charge in [0.25, 0.3) is 5.91 Å². The maximum Gasteiger partial charge on any atom is 0.310 e. The van der Waals surface area contributed by atoms with Crippen molar-refractivity contribution >= 4 is 34.9 Å².